The second kappa shape index (κ2) is 6.28. The fourth-order valence-corrected chi connectivity index (χ4v) is 2.71. The van der Waals surface area contributed by atoms with E-state index in [0.29, 0.717) is 5.56 Å². The molecular weight excluding hydrogens is 320 g/mol. The van der Waals surface area contributed by atoms with Crippen LogP contribution in [0.2, 0.25) is 0 Å². The lowest BCUT2D eigenvalue weighted by Gasteiger charge is -2.03. The standard InChI is InChI=1S/C20H13F2N3/c21-18-9-14(10-19(22)12-18)5-8-25-20-11-16(1-2-17(20)13-24-25)15-3-6-23-7-4-15/h1-13H. The van der Waals surface area contributed by atoms with Crippen molar-refractivity contribution in [1.82, 2.24) is 14.8 Å². The summed E-state index contributed by atoms with van der Waals surface area (Å²) in [5.41, 5.74) is 3.44. The highest BCUT2D eigenvalue weighted by Gasteiger charge is 2.04. The first-order chi connectivity index (χ1) is 12.2. The minimum Gasteiger partial charge on any atom is -0.265 e. The molecule has 0 aliphatic rings. The summed E-state index contributed by atoms with van der Waals surface area (Å²) in [6, 6.07) is 13.3. The Balaban J connectivity index is 1.73. The number of halogens is 2. The maximum atomic E-state index is 13.3. The van der Waals surface area contributed by atoms with Gasteiger partial charge in [-0.05, 0) is 53.1 Å². The van der Waals surface area contributed by atoms with E-state index < -0.39 is 11.6 Å². The molecule has 25 heavy (non-hydrogen) atoms. The lowest BCUT2D eigenvalue weighted by molar-refractivity contribution is 0.583. The molecule has 0 bridgehead atoms. The molecular formula is C20H13F2N3. The molecule has 3 nitrogen and oxygen atoms in total. The van der Waals surface area contributed by atoms with Crippen LogP contribution < -0.4 is 0 Å². The molecule has 0 saturated carbocycles. The fraction of sp³-hybridized carbons (Fsp3) is 0. The van der Waals surface area contributed by atoms with Crippen molar-refractivity contribution in [3.05, 3.63) is 84.3 Å². The molecule has 4 rings (SSSR count). The number of hydrogen-bond acceptors (Lipinski definition) is 2. The molecule has 2 heterocycles. The third kappa shape index (κ3) is 3.17. The molecule has 5 heteroatoms. The molecule has 0 spiro atoms. The van der Waals surface area contributed by atoms with Gasteiger partial charge in [-0.1, -0.05) is 12.1 Å². The van der Waals surface area contributed by atoms with E-state index >= 15 is 0 Å². The highest BCUT2D eigenvalue weighted by molar-refractivity contribution is 5.86. The average Bonchev–Trinajstić information content (AvgIpc) is 3.02. The molecule has 0 aliphatic carbocycles. The van der Waals surface area contributed by atoms with Crippen LogP contribution >= 0.6 is 0 Å². The van der Waals surface area contributed by atoms with Gasteiger partial charge in [0.15, 0.2) is 0 Å². The van der Waals surface area contributed by atoms with Gasteiger partial charge in [-0.2, -0.15) is 5.10 Å². The molecule has 0 amide bonds. The van der Waals surface area contributed by atoms with Crippen molar-refractivity contribution in [3.8, 4) is 11.1 Å². The maximum absolute atomic E-state index is 13.3. The van der Waals surface area contributed by atoms with Crippen molar-refractivity contribution >= 4 is 23.2 Å². The zero-order valence-electron chi connectivity index (χ0n) is 13.1. The SMILES string of the molecule is Fc1cc(F)cc(C=Cn2ncc3ccc(-c4ccncc4)cc32)c1. The predicted molar refractivity (Wildman–Crippen MR) is 94.5 cm³/mol. The zero-order chi connectivity index (χ0) is 17.2. The Morgan fingerprint density at radius 3 is 2.36 bits per heavy atom. The molecule has 0 fully saturated rings. The number of aromatic nitrogens is 3. The Kier molecular flexibility index (Phi) is 3.82. The largest absolute Gasteiger partial charge is 0.265 e. The van der Waals surface area contributed by atoms with Gasteiger partial charge in [-0.25, -0.2) is 13.5 Å². The smallest absolute Gasteiger partial charge is 0.126 e. The van der Waals surface area contributed by atoms with E-state index in [1.54, 1.807) is 35.5 Å². The van der Waals surface area contributed by atoms with Gasteiger partial charge in [0.05, 0.1) is 11.7 Å². The molecule has 2 aromatic heterocycles. The summed E-state index contributed by atoms with van der Waals surface area (Å²) in [7, 11) is 0. The van der Waals surface area contributed by atoms with Crippen LogP contribution in [-0.2, 0) is 0 Å². The Hall–Kier alpha value is -3.34. The molecule has 0 aliphatic heterocycles. The molecule has 4 aromatic rings. The van der Waals surface area contributed by atoms with Crippen LogP contribution in [-0.4, -0.2) is 14.8 Å². The monoisotopic (exact) mass is 333 g/mol. The fourth-order valence-electron chi connectivity index (χ4n) is 2.71. The van der Waals surface area contributed by atoms with Crippen molar-refractivity contribution < 1.29 is 8.78 Å². The third-order valence-electron chi connectivity index (χ3n) is 3.91. The van der Waals surface area contributed by atoms with E-state index in [4.69, 9.17) is 0 Å². The first kappa shape index (κ1) is 15.2. The normalized spacial score (nSPS) is 11.4. The highest BCUT2D eigenvalue weighted by Crippen LogP contribution is 2.24. The zero-order valence-corrected chi connectivity index (χ0v) is 13.1. The summed E-state index contributed by atoms with van der Waals surface area (Å²) in [5.74, 6) is -1.21. The van der Waals surface area contributed by atoms with Crippen LogP contribution in [0.3, 0.4) is 0 Å². The molecule has 0 N–H and O–H groups in total. The minimum absolute atomic E-state index is 0.437. The summed E-state index contributed by atoms with van der Waals surface area (Å²) < 4.78 is 28.3. The van der Waals surface area contributed by atoms with Crippen molar-refractivity contribution in [1.29, 1.82) is 0 Å². The summed E-state index contributed by atoms with van der Waals surface area (Å²) in [6.45, 7) is 0. The summed E-state index contributed by atoms with van der Waals surface area (Å²) in [5, 5.41) is 5.30. The molecule has 122 valence electrons. The molecule has 0 unspecified atom stereocenters. The van der Waals surface area contributed by atoms with Crippen molar-refractivity contribution in [2.45, 2.75) is 0 Å². The minimum atomic E-state index is -0.607. The number of benzene rings is 2. The number of hydrogen-bond donors (Lipinski definition) is 0. The lowest BCUT2D eigenvalue weighted by Crippen LogP contribution is -1.89. The maximum Gasteiger partial charge on any atom is 0.126 e. The topological polar surface area (TPSA) is 30.7 Å². The van der Waals surface area contributed by atoms with E-state index in [9.17, 15) is 8.78 Å². The van der Waals surface area contributed by atoms with Gasteiger partial charge < -0.3 is 0 Å². The Morgan fingerprint density at radius 2 is 1.60 bits per heavy atom. The second-order valence-electron chi connectivity index (χ2n) is 5.62. The first-order valence-electron chi connectivity index (χ1n) is 7.71. The van der Waals surface area contributed by atoms with Gasteiger partial charge >= 0.3 is 0 Å². The van der Waals surface area contributed by atoms with Gasteiger partial charge in [-0.3, -0.25) is 4.98 Å². The Morgan fingerprint density at radius 1 is 0.840 bits per heavy atom. The predicted octanol–water partition coefficient (Wildman–Crippen LogP) is 5.00. The van der Waals surface area contributed by atoms with E-state index in [-0.39, 0.29) is 0 Å². The average molecular weight is 333 g/mol. The van der Waals surface area contributed by atoms with Crippen LogP contribution in [0.1, 0.15) is 5.56 Å². The van der Waals surface area contributed by atoms with Crippen LogP contribution in [0.4, 0.5) is 8.78 Å². The molecule has 0 atom stereocenters. The summed E-state index contributed by atoms with van der Waals surface area (Å²) >= 11 is 0. The Bertz CT molecular complexity index is 1050. The third-order valence-corrected chi connectivity index (χ3v) is 3.91. The van der Waals surface area contributed by atoms with Crippen molar-refractivity contribution in [2.24, 2.45) is 0 Å². The summed E-state index contributed by atoms with van der Waals surface area (Å²) in [4.78, 5) is 4.03. The van der Waals surface area contributed by atoms with Crippen LogP contribution in [0, 0.1) is 11.6 Å². The quantitative estimate of drug-likeness (QED) is 0.528. The van der Waals surface area contributed by atoms with Crippen LogP contribution in [0.25, 0.3) is 34.3 Å². The van der Waals surface area contributed by atoms with Gasteiger partial charge in [0.1, 0.15) is 11.6 Å². The number of fused-ring (bicyclic) bond motifs is 1. The highest BCUT2D eigenvalue weighted by atomic mass is 19.1. The first-order valence-corrected chi connectivity index (χ1v) is 7.71. The molecule has 0 saturated heterocycles. The molecule has 2 aromatic carbocycles. The number of nitrogens with zero attached hydrogens (tertiary/aromatic N) is 3. The van der Waals surface area contributed by atoms with Crippen LogP contribution in [0.15, 0.2) is 67.1 Å². The Labute approximate surface area is 142 Å². The van der Waals surface area contributed by atoms with E-state index in [1.807, 2.05) is 30.3 Å². The van der Waals surface area contributed by atoms with Gasteiger partial charge in [-0.15, -0.1) is 0 Å². The lowest BCUT2D eigenvalue weighted by atomic mass is 10.1. The van der Waals surface area contributed by atoms with E-state index in [0.717, 1.165) is 28.1 Å². The van der Waals surface area contributed by atoms with Gasteiger partial charge in [0, 0.05) is 30.0 Å². The molecule has 0 radical (unpaired) electrons. The van der Waals surface area contributed by atoms with Crippen molar-refractivity contribution in [2.75, 3.05) is 0 Å². The van der Waals surface area contributed by atoms with Crippen LogP contribution in [0.5, 0.6) is 0 Å². The number of rotatable bonds is 3. The van der Waals surface area contributed by atoms with Gasteiger partial charge in [0.25, 0.3) is 0 Å². The van der Waals surface area contributed by atoms with E-state index in [1.165, 1.54) is 12.1 Å². The number of pyridine rings is 1. The summed E-state index contributed by atoms with van der Waals surface area (Å²) in [6.07, 6.45) is 8.55. The van der Waals surface area contributed by atoms with Gasteiger partial charge in [0.2, 0.25) is 0 Å². The second-order valence-corrected chi connectivity index (χ2v) is 5.62. The van der Waals surface area contributed by atoms with Crippen molar-refractivity contribution in [3.63, 3.8) is 0 Å². The van der Waals surface area contributed by atoms with E-state index in [2.05, 4.69) is 10.1 Å².